The van der Waals surface area contributed by atoms with E-state index in [1.165, 1.54) is 6.07 Å². The lowest BCUT2D eigenvalue weighted by molar-refractivity contribution is 0.428. The van der Waals surface area contributed by atoms with E-state index in [-0.39, 0.29) is 5.56 Å². The third-order valence-electron chi connectivity index (χ3n) is 3.07. The molecule has 1 aromatic carbocycles. The van der Waals surface area contributed by atoms with Crippen LogP contribution in [0.2, 0.25) is 0 Å². The minimum absolute atomic E-state index is 0.0711. The van der Waals surface area contributed by atoms with Crippen LogP contribution < -0.4 is 11.1 Å². The van der Waals surface area contributed by atoms with Gasteiger partial charge in [0.2, 0.25) is 0 Å². The molecule has 0 amide bonds. The van der Waals surface area contributed by atoms with Crippen LogP contribution in [-0.4, -0.2) is 12.0 Å². The molecule has 2 aromatic rings. The van der Waals surface area contributed by atoms with Crippen LogP contribution in [0.5, 0.6) is 0 Å². The number of nitrogens with zero attached hydrogens (tertiary/aromatic N) is 1. The highest BCUT2D eigenvalue weighted by molar-refractivity contribution is 5.33. The first-order valence-electron chi connectivity index (χ1n) is 6.04. The fourth-order valence-electron chi connectivity index (χ4n) is 2.03. The molecule has 1 unspecified atom stereocenters. The number of aromatic nitrogens is 1. The highest BCUT2D eigenvalue weighted by atomic mass is 19.2. The van der Waals surface area contributed by atoms with Gasteiger partial charge in [0.15, 0.2) is 17.5 Å². The van der Waals surface area contributed by atoms with Gasteiger partial charge in [-0.05, 0) is 37.2 Å². The molecule has 1 atom stereocenters. The average molecular weight is 281 g/mol. The van der Waals surface area contributed by atoms with Gasteiger partial charge in [-0.15, -0.1) is 0 Å². The van der Waals surface area contributed by atoms with Crippen LogP contribution in [0.15, 0.2) is 30.5 Å². The van der Waals surface area contributed by atoms with Gasteiger partial charge in [0, 0.05) is 17.8 Å². The van der Waals surface area contributed by atoms with Crippen molar-refractivity contribution in [3.8, 4) is 0 Å². The van der Waals surface area contributed by atoms with E-state index in [2.05, 4.69) is 10.3 Å². The topological polar surface area (TPSA) is 50.9 Å². The van der Waals surface area contributed by atoms with Gasteiger partial charge < -0.3 is 11.1 Å². The highest BCUT2D eigenvalue weighted by Gasteiger charge is 2.20. The summed E-state index contributed by atoms with van der Waals surface area (Å²) in [5, 5.41) is 2.88. The summed E-state index contributed by atoms with van der Waals surface area (Å²) in [6.45, 7) is 0. The number of anilines is 1. The van der Waals surface area contributed by atoms with E-state index in [1.807, 2.05) is 0 Å². The molecule has 3 N–H and O–H groups in total. The molecule has 1 heterocycles. The number of nitrogen functional groups attached to an aromatic ring is 1. The van der Waals surface area contributed by atoms with Crippen LogP contribution >= 0.6 is 0 Å². The largest absolute Gasteiger partial charge is 0.384 e. The maximum absolute atomic E-state index is 13.8. The molecule has 1 aromatic heterocycles. The van der Waals surface area contributed by atoms with Crippen molar-refractivity contribution < 1.29 is 13.2 Å². The Labute approximate surface area is 114 Å². The van der Waals surface area contributed by atoms with Gasteiger partial charge in [-0.3, -0.25) is 0 Å². The van der Waals surface area contributed by atoms with E-state index >= 15 is 0 Å². The highest BCUT2D eigenvalue weighted by Crippen LogP contribution is 2.24. The van der Waals surface area contributed by atoms with Crippen LogP contribution in [0.4, 0.5) is 19.0 Å². The Morgan fingerprint density at radius 2 is 1.95 bits per heavy atom. The van der Waals surface area contributed by atoms with Gasteiger partial charge in [-0.1, -0.05) is 6.07 Å². The maximum atomic E-state index is 13.8. The number of hydrogen-bond donors (Lipinski definition) is 2. The summed E-state index contributed by atoms with van der Waals surface area (Å²) >= 11 is 0. The van der Waals surface area contributed by atoms with E-state index in [9.17, 15) is 13.2 Å². The second kappa shape index (κ2) is 5.92. The molecule has 6 heteroatoms. The number of halogens is 3. The zero-order valence-corrected chi connectivity index (χ0v) is 10.8. The predicted molar refractivity (Wildman–Crippen MR) is 70.5 cm³/mol. The van der Waals surface area contributed by atoms with Gasteiger partial charge in [-0.2, -0.15) is 0 Å². The van der Waals surface area contributed by atoms with Gasteiger partial charge in [0.1, 0.15) is 5.82 Å². The second-order valence-corrected chi connectivity index (χ2v) is 4.40. The predicted octanol–water partition coefficient (Wildman–Crippen LogP) is 2.58. The molecule has 0 aliphatic carbocycles. The lowest BCUT2D eigenvalue weighted by Gasteiger charge is -2.18. The Kier molecular flexibility index (Phi) is 4.24. The number of pyridine rings is 1. The molecule has 0 fully saturated rings. The fraction of sp³-hybridized carbons (Fsp3) is 0.214. The van der Waals surface area contributed by atoms with Crippen LogP contribution in [0, 0.1) is 17.5 Å². The Morgan fingerprint density at radius 1 is 1.20 bits per heavy atom. The standard InChI is InChI=1S/C14H14F3N3/c1-19-11(6-8-4-5-20-12(18)7-8)9-2-3-10(15)14(17)13(9)16/h2-5,7,11,19H,6H2,1H3,(H2,18,20). The molecule has 0 spiro atoms. The molecule has 20 heavy (non-hydrogen) atoms. The molecule has 0 bridgehead atoms. The van der Waals surface area contributed by atoms with Crippen LogP contribution in [0.1, 0.15) is 17.2 Å². The Morgan fingerprint density at radius 3 is 2.60 bits per heavy atom. The zero-order chi connectivity index (χ0) is 14.7. The summed E-state index contributed by atoms with van der Waals surface area (Å²) in [7, 11) is 1.62. The minimum Gasteiger partial charge on any atom is -0.384 e. The normalized spacial score (nSPS) is 12.4. The first-order chi connectivity index (χ1) is 9.52. The number of nitrogens with two attached hydrogens (primary N) is 1. The summed E-state index contributed by atoms with van der Waals surface area (Å²) in [6.07, 6.45) is 1.92. The average Bonchev–Trinajstić information content (AvgIpc) is 2.43. The molecule has 3 nitrogen and oxygen atoms in total. The van der Waals surface area contributed by atoms with Crippen LogP contribution in [0.3, 0.4) is 0 Å². The molecule has 0 saturated heterocycles. The molecule has 0 aliphatic rings. The molecular formula is C14H14F3N3. The van der Waals surface area contributed by atoms with Crippen molar-refractivity contribution >= 4 is 5.82 Å². The summed E-state index contributed by atoms with van der Waals surface area (Å²) in [5.74, 6) is -3.49. The third kappa shape index (κ3) is 2.91. The van der Waals surface area contributed by atoms with Crippen molar-refractivity contribution in [2.45, 2.75) is 12.5 Å². The third-order valence-corrected chi connectivity index (χ3v) is 3.07. The van der Waals surface area contributed by atoms with Crippen molar-refractivity contribution in [2.24, 2.45) is 0 Å². The van der Waals surface area contributed by atoms with E-state index in [0.717, 1.165) is 11.6 Å². The van der Waals surface area contributed by atoms with Crippen molar-refractivity contribution in [3.05, 3.63) is 59.0 Å². The van der Waals surface area contributed by atoms with Crippen molar-refractivity contribution in [1.29, 1.82) is 0 Å². The maximum Gasteiger partial charge on any atom is 0.194 e. The number of likely N-dealkylation sites (N-methyl/N-ethyl adjacent to an activating group) is 1. The van der Waals surface area contributed by atoms with Gasteiger partial charge in [0.25, 0.3) is 0 Å². The van der Waals surface area contributed by atoms with Crippen molar-refractivity contribution in [3.63, 3.8) is 0 Å². The number of nitrogens with one attached hydrogen (secondary N) is 1. The molecule has 106 valence electrons. The van der Waals surface area contributed by atoms with Gasteiger partial charge in [-0.25, -0.2) is 18.2 Å². The quantitative estimate of drug-likeness (QED) is 0.847. The summed E-state index contributed by atoms with van der Waals surface area (Å²) in [4.78, 5) is 3.86. The van der Waals surface area contributed by atoms with Crippen LogP contribution in [0.25, 0.3) is 0 Å². The number of hydrogen-bond acceptors (Lipinski definition) is 3. The first-order valence-corrected chi connectivity index (χ1v) is 6.04. The molecule has 0 radical (unpaired) electrons. The lowest BCUT2D eigenvalue weighted by atomic mass is 9.98. The Balaban J connectivity index is 2.31. The van der Waals surface area contributed by atoms with Crippen molar-refractivity contribution in [2.75, 3.05) is 12.8 Å². The van der Waals surface area contributed by atoms with Gasteiger partial charge in [0.05, 0.1) is 0 Å². The van der Waals surface area contributed by atoms with Gasteiger partial charge >= 0.3 is 0 Å². The molecule has 2 rings (SSSR count). The molecule has 0 saturated carbocycles. The van der Waals surface area contributed by atoms with E-state index in [0.29, 0.717) is 12.2 Å². The number of benzene rings is 1. The van der Waals surface area contributed by atoms with Crippen molar-refractivity contribution in [1.82, 2.24) is 10.3 Å². The lowest BCUT2D eigenvalue weighted by Crippen LogP contribution is -2.21. The van der Waals surface area contributed by atoms with E-state index in [4.69, 9.17) is 5.73 Å². The molecule has 0 aliphatic heterocycles. The summed E-state index contributed by atoms with van der Waals surface area (Å²) in [6, 6.07) is 5.05. The second-order valence-electron chi connectivity index (χ2n) is 4.40. The van der Waals surface area contributed by atoms with Crippen LogP contribution in [-0.2, 0) is 6.42 Å². The SMILES string of the molecule is CNC(Cc1ccnc(N)c1)c1ccc(F)c(F)c1F. The Hall–Kier alpha value is -2.08. The monoisotopic (exact) mass is 281 g/mol. The first kappa shape index (κ1) is 14.3. The Bertz CT molecular complexity index is 617. The number of rotatable bonds is 4. The minimum atomic E-state index is -1.46. The van der Waals surface area contributed by atoms with E-state index in [1.54, 1.807) is 25.4 Å². The zero-order valence-electron chi connectivity index (χ0n) is 10.8. The summed E-state index contributed by atoms with van der Waals surface area (Å²) in [5.41, 5.74) is 6.46. The fourth-order valence-corrected chi connectivity index (χ4v) is 2.03. The summed E-state index contributed by atoms with van der Waals surface area (Å²) < 4.78 is 40.0. The smallest absolute Gasteiger partial charge is 0.194 e. The van der Waals surface area contributed by atoms with E-state index < -0.39 is 23.5 Å². The molecular weight excluding hydrogens is 267 g/mol.